The van der Waals surface area contributed by atoms with Crippen LogP contribution in [0.2, 0.25) is 0 Å². The van der Waals surface area contributed by atoms with Gasteiger partial charge in [0.05, 0.1) is 13.7 Å². The lowest BCUT2D eigenvalue weighted by atomic mass is 10.1. The van der Waals surface area contributed by atoms with Gasteiger partial charge in [-0.3, -0.25) is 0 Å². The average molecular weight is 373 g/mol. The molecule has 1 aromatic heterocycles. The standard InChI is InChI=1S/C18H19N3O4S/c1-12-5-4-6-14(9-12)18-20-17(25-21-18)11-19-26(22,23)16-10-13(2)7-8-15(16)24-3/h4-10,19H,11H2,1-3H3. The maximum Gasteiger partial charge on any atom is 0.244 e. The van der Waals surface area contributed by atoms with E-state index in [9.17, 15) is 8.42 Å². The van der Waals surface area contributed by atoms with Gasteiger partial charge in [0.2, 0.25) is 21.7 Å². The zero-order chi connectivity index (χ0) is 18.7. The third-order valence-electron chi connectivity index (χ3n) is 3.77. The molecule has 3 aromatic rings. The SMILES string of the molecule is COc1ccc(C)cc1S(=O)(=O)NCc1nc(-c2cccc(C)c2)no1. The van der Waals surface area contributed by atoms with Crippen LogP contribution in [0.5, 0.6) is 5.75 Å². The fourth-order valence-electron chi connectivity index (χ4n) is 2.46. The zero-order valence-corrected chi connectivity index (χ0v) is 15.5. The van der Waals surface area contributed by atoms with Crippen LogP contribution in [-0.2, 0) is 16.6 Å². The van der Waals surface area contributed by atoms with E-state index < -0.39 is 10.0 Å². The topological polar surface area (TPSA) is 94.3 Å². The van der Waals surface area contributed by atoms with Crippen LogP contribution in [0.4, 0.5) is 0 Å². The van der Waals surface area contributed by atoms with E-state index in [-0.39, 0.29) is 23.1 Å². The van der Waals surface area contributed by atoms with Crippen LogP contribution in [0.3, 0.4) is 0 Å². The molecule has 136 valence electrons. The first-order valence-corrected chi connectivity index (χ1v) is 9.41. The molecule has 7 nitrogen and oxygen atoms in total. The van der Waals surface area contributed by atoms with E-state index in [0.717, 1.165) is 16.7 Å². The molecule has 3 rings (SSSR count). The molecule has 0 spiro atoms. The van der Waals surface area contributed by atoms with Crippen molar-refractivity contribution in [2.45, 2.75) is 25.3 Å². The van der Waals surface area contributed by atoms with Crippen molar-refractivity contribution < 1.29 is 17.7 Å². The van der Waals surface area contributed by atoms with Gasteiger partial charge >= 0.3 is 0 Å². The van der Waals surface area contributed by atoms with Gasteiger partial charge in [-0.15, -0.1) is 0 Å². The summed E-state index contributed by atoms with van der Waals surface area (Å²) in [5, 5.41) is 3.90. The maximum atomic E-state index is 12.6. The first-order chi connectivity index (χ1) is 12.4. The Kier molecular flexibility index (Phi) is 5.06. The van der Waals surface area contributed by atoms with Gasteiger partial charge in [0.1, 0.15) is 10.6 Å². The third-order valence-corrected chi connectivity index (χ3v) is 5.19. The fourth-order valence-corrected chi connectivity index (χ4v) is 3.68. The second-order valence-corrected chi connectivity index (χ2v) is 7.60. The molecular formula is C18H19N3O4S. The summed E-state index contributed by atoms with van der Waals surface area (Å²) >= 11 is 0. The molecule has 0 saturated heterocycles. The average Bonchev–Trinajstić information content (AvgIpc) is 3.09. The predicted octanol–water partition coefficient (Wildman–Crippen LogP) is 2.84. The van der Waals surface area contributed by atoms with E-state index in [1.165, 1.54) is 7.11 Å². The Morgan fingerprint density at radius 2 is 1.88 bits per heavy atom. The third kappa shape index (κ3) is 3.92. The number of ether oxygens (including phenoxy) is 1. The van der Waals surface area contributed by atoms with Crippen LogP contribution in [0.15, 0.2) is 51.9 Å². The minimum atomic E-state index is -3.79. The summed E-state index contributed by atoms with van der Waals surface area (Å²) in [6.45, 7) is 3.66. The van der Waals surface area contributed by atoms with Gasteiger partial charge in [-0.05, 0) is 37.6 Å². The highest BCUT2D eigenvalue weighted by Gasteiger charge is 2.21. The van der Waals surface area contributed by atoms with Crippen LogP contribution in [0.1, 0.15) is 17.0 Å². The fraction of sp³-hybridized carbons (Fsp3) is 0.222. The van der Waals surface area contributed by atoms with Crippen molar-refractivity contribution in [2.75, 3.05) is 7.11 Å². The van der Waals surface area contributed by atoms with Gasteiger partial charge in [-0.25, -0.2) is 13.1 Å². The Morgan fingerprint density at radius 1 is 1.12 bits per heavy atom. The molecule has 0 fully saturated rings. The Balaban J connectivity index is 1.78. The first kappa shape index (κ1) is 18.1. The lowest BCUT2D eigenvalue weighted by Gasteiger charge is -2.10. The largest absolute Gasteiger partial charge is 0.495 e. The van der Waals surface area contributed by atoms with E-state index in [1.54, 1.807) is 18.2 Å². The Bertz CT molecular complexity index is 1030. The molecule has 8 heteroatoms. The highest BCUT2D eigenvalue weighted by Crippen LogP contribution is 2.24. The summed E-state index contributed by atoms with van der Waals surface area (Å²) in [4.78, 5) is 4.31. The molecule has 0 radical (unpaired) electrons. The number of hydrogen-bond acceptors (Lipinski definition) is 6. The minimum Gasteiger partial charge on any atom is -0.495 e. The van der Waals surface area contributed by atoms with Crippen LogP contribution >= 0.6 is 0 Å². The Morgan fingerprint density at radius 3 is 2.62 bits per heavy atom. The summed E-state index contributed by atoms with van der Waals surface area (Å²) < 4.78 is 37.9. The minimum absolute atomic E-state index is 0.0680. The summed E-state index contributed by atoms with van der Waals surface area (Å²) in [7, 11) is -2.36. The number of aryl methyl sites for hydroxylation is 2. The van der Waals surface area contributed by atoms with Crippen LogP contribution in [-0.4, -0.2) is 25.7 Å². The molecule has 1 heterocycles. The number of nitrogens with one attached hydrogen (secondary N) is 1. The van der Waals surface area contributed by atoms with E-state index in [0.29, 0.717) is 5.82 Å². The van der Waals surface area contributed by atoms with E-state index >= 15 is 0 Å². The van der Waals surface area contributed by atoms with Crippen molar-refractivity contribution in [1.29, 1.82) is 0 Å². The molecule has 0 aliphatic heterocycles. The normalized spacial score (nSPS) is 11.5. The quantitative estimate of drug-likeness (QED) is 0.714. The van der Waals surface area contributed by atoms with Crippen molar-refractivity contribution in [3.63, 3.8) is 0 Å². The monoisotopic (exact) mass is 373 g/mol. The molecule has 2 aromatic carbocycles. The van der Waals surface area contributed by atoms with Crippen molar-refractivity contribution in [1.82, 2.24) is 14.9 Å². The Labute approximate surface area is 152 Å². The summed E-state index contributed by atoms with van der Waals surface area (Å²) in [6.07, 6.45) is 0. The summed E-state index contributed by atoms with van der Waals surface area (Å²) in [5.74, 6) is 0.863. The Hall–Kier alpha value is -2.71. The number of rotatable bonds is 6. The predicted molar refractivity (Wildman–Crippen MR) is 96.2 cm³/mol. The molecule has 0 atom stereocenters. The van der Waals surface area contributed by atoms with Crippen LogP contribution in [0, 0.1) is 13.8 Å². The molecule has 1 N–H and O–H groups in total. The maximum absolute atomic E-state index is 12.6. The van der Waals surface area contributed by atoms with Crippen molar-refractivity contribution >= 4 is 10.0 Å². The molecule has 0 aliphatic carbocycles. The van der Waals surface area contributed by atoms with E-state index in [2.05, 4.69) is 14.9 Å². The summed E-state index contributed by atoms with van der Waals surface area (Å²) in [5.41, 5.74) is 2.69. The zero-order valence-electron chi connectivity index (χ0n) is 14.7. The number of aromatic nitrogens is 2. The van der Waals surface area contributed by atoms with Crippen molar-refractivity contribution in [3.05, 3.63) is 59.5 Å². The van der Waals surface area contributed by atoms with Crippen LogP contribution in [0.25, 0.3) is 11.4 Å². The van der Waals surface area contributed by atoms with Gasteiger partial charge in [-0.2, -0.15) is 4.98 Å². The second-order valence-electron chi connectivity index (χ2n) is 5.86. The van der Waals surface area contributed by atoms with Gasteiger partial charge in [0.25, 0.3) is 0 Å². The van der Waals surface area contributed by atoms with Crippen molar-refractivity contribution in [3.8, 4) is 17.1 Å². The molecule has 0 aliphatic rings. The molecule has 0 saturated carbocycles. The molecular weight excluding hydrogens is 354 g/mol. The second kappa shape index (κ2) is 7.27. The van der Waals surface area contributed by atoms with Gasteiger partial charge in [0, 0.05) is 5.56 Å². The molecule has 0 bridgehead atoms. The van der Waals surface area contributed by atoms with Crippen molar-refractivity contribution in [2.24, 2.45) is 0 Å². The molecule has 26 heavy (non-hydrogen) atoms. The number of benzene rings is 2. The highest BCUT2D eigenvalue weighted by atomic mass is 32.2. The molecule has 0 amide bonds. The van der Waals surface area contributed by atoms with Crippen LogP contribution < -0.4 is 9.46 Å². The van der Waals surface area contributed by atoms with Gasteiger partial charge in [-0.1, -0.05) is 35.0 Å². The lowest BCUT2D eigenvalue weighted by Crippen LogP contribution is -2.24. The highest BCUT2D eigenvalue weighted by molar-refractivity contribution is 7.89. The van der Waals surface area contributed by atoms with Gasteiger partial charge < -0.3 is 9.26 Å². The summed E-state index contributed by atoms with van der Waals surface area (Å²) in [6, 6.07) is 12.6. The lowest BCUT2D eigenvalue weighted by molar-refractivity contribution is 0.375. The molecule has 0 unspecified atom stereocenters. The van der Waals surface area contributed by atoms with E-state index in [4.69, 9.17) is 9.26 Å². The number of sulfonamides is 1. The van der Waals surface area contributed by atoms with Gasteiger partial charge in [0.15, 0.2) is 0 Å². The first-order valence-electron chi connectivity index (χ1n) is 7.93. The van der Waals surface area contributed by atoms with E-state index in [1.807, 2.05) is 38.1 Å². The number of methoxy groups -OCH3 is 1. The smallest absolute Gasteiger partial charge is 0.244 e. The number of nitrogens with zero attached hydrogens (tertiary/aromatic N) is 2. The number of hydrogen-bond donors (Lipinski definition) is 1.